The summed E-state index contributed by atoms with van der Waals surface area (Å²) in [6, 6.07) is 8.74. The molecule has 0 bridgehead atoms. The molecule has 0 amide bonds. The zero-order chi connectivity index (χ0) is 14.8. The van der Waals surface area contributed by atoms with Gasteiger partial charge in [0.1, 0.15) is 5.52 Å². The molecule has 8 nitrogen and oxygen atoms in total. The minimum absolute atomic E-state index is 0.286. The summed E-state index contributed by atoms with van der Waals surface area (Å²) >= 11 is 0. The Morgan fingerprint density at radius 3 is 2.81 bits per heavy atom. The van der Waals surface area contributed by atoms with Gasteiger partial charge in [-0.1, -0.05) is 18.2 Å². The number of rotatable bonds is 3. The lowest BCUT2D eigenvalue weighted by atomic mass is 10.2. The summed E-state index contributed by atoms with van der Waals surface area (Å²) in [4.78, 5) is 31.6. The maximum atomic E-state index is 11.5. The van der Waals surface area contributed by atoms with Crippen LogP contribution in [0.1, 0.15) is 0 Å². The van der Waals surface area contributed by atoms with E-state index in [1.807, 2.05) is 12.1 Å². The normalized spacial score (nSPS) is 10.5. The molecule has 1 aromatic carbocycles. The van der Waals surface area contributed by atoms with Crippen molar-refractivity contribution in [2.45, 2.75) is 0 Å². The van der Waals surface area contributed by atoms with E-state index < -0.39 is 16.2 Å². The van der Waals surface area contributed by atoms with Crippen molar-refractivity contribution in [3.63, 3.8) is 0 Å². The second-order valence-electron chi connectivity index (χ2n) is 4.08. The average molecular weight is 284 g/mol. The fourth-order valence-electron chi connectivity index (χ4n) is 1.87. The Morgan fingerprint density at radius 2 is 2.00 bits per heavy atom. The molecule has 0 fully saturated rings. The van der Waals surface area contributed by atoms with Crippen LogP contribution in [-0.4, -0.2) is 19.9 Å². The van der Waals surface area contributed by atoms with Gasteiger partial charge in [-0.2, -0.15) is 4.98 Å². The van der Waals surface area contributed by atoms with Crippen LogP contribution in [0.5, 0.6) is 11.6 Å². The molecule has 0 aliphatic rings. The molecule has 0 unspecified atom stereocenters. The van der Waals surface area contributed by atoms with E-state index in [0.717, 1.165) is 11.7 Å². The van der Waals surface area contributed by atoms with Gasteiger partial charge in [0.2, 0.25) is 0 Å². The molecule has 0 spiro atoms. The highest BCUT2D eigenvalue weighted by molar-refractivity contribution is 5.84. The number of H-pyrrole nitrogens is 1. The summed E-state index contributed by atoms with van der Waals surface area (Å²) in [5.41, 5.74) is -1.10. The molecule has 8 heteroatoms. The summed E-state index contributed by atoms with van der Waals surface area (Å²) in [5.74, 6) is -0.0868. The smallest absolute Gasteiger partial charge is 0.395 e. The molecule has 0 saturated heterocycles. The van der Waals surface area contributed by atoms with Crippen LogP contribution in [0.15, 0.2) is 47.7 Å². The van der Waals surface area contributed by atoms with Crippen molar-refractivity contribution in [3.8, 4) is 11.6 Å². The average Bonchev–Trinajstić information content (AvgIpc) is 2.47. The number of para-hydroxylation sites is 1. The number of benzene rings is 1. The summed E-state index contributed by atoms with van der Waals surface area (Å²) < 4.78 is 5.43. The van der Waals surface area contributed by atoms with Gasteiger partial charge in [0.25, 0.3) is 0 Å². The van der Waals surface area contributed by atoms with Crippen LogP contribution in [0.25, 0.3) is 10.9 Å². The minimum atomic E-state index is -0.877. The predicted molar refractivity (Wildman–Crippen MR) is 73.3 cm³/mol. The van der Waals surface area contributed by atoms with E-state index >= 15 is 0 Å². The van der Waals surface area contributed by atoms with Gasteiger partial charge in [-0.05, 0) is 12.1 Å². The van der Waals surface area contributed by atoms with E-state index in [-0.39, 0.29) is 11.6 Å². The fourth-order valence-corrected chi connectivity index (χ4v) is 1.87. The van der Waals surface area contributed by atoms with Crippen molar-refractivity contribution in [2.24, 2.45) is 0 Å². The topological polar surface area (TPSA) is 111 Å². The maximum absolute atomic E-state index is 11.5. The molecule has 1 N–H and O–H groups in total. The number of nitrogens with zero attached hydrogens (tertiary/aromatic N) is 3. The van der Waals surface area contributed by atoms with Gasteiger partial charge < -0.3 is 9.72 Å². The van der Waals surface area contributed by atoms with Gasteiger partial charge in [0.05, 0.1) is 11.3 Å². The van der Waals surface area contributed by atoms with Crippen LogP contribution in [0.3, 0.4) is 0 Å². The number of pyridine rings is 1. The van der Waals surface area contributed by atoms with E-state index in [1.54, 1.807) is 24.4 Å². The van der Waals surface area contributed by atoms with E-state index in [9.17, 15) is 14.9 Å². The van der Waals surface area contributed by atoms with Crippen LogP contribution in [0.4, 0.5) is 5.69 Å². The van der Waals surface area contributed by atoms with Crippen LogP contribution >= 0.6 is 0 Å². The van der Waals surface area contributed by atoms with Crippen molar-refractivity contribution in [1.82, 2.24) is 15.0 Å². The number of aromatic nitrogens is 3. The predicted octanol–water partition coefficient (Wildman–Crippen LogP) is 2.02. The summed E-state index contributed by atoms with van der Waals surface area (Å²) in [7, 11) is 0. The highest BCUT2D eigenvalue weighted by Gasteiger charge is 2.23. The van der Waals surface area contributed by atoms with Crippen LogP contribution in [0, 0.1) is 10.1 Å². The standard InChI is InChI=1S/C13H8N4O4/c18-12-11(17(19)20)13(16-7-15-12)21-9-5-1-3-8-4-2-6-14-10(8)9/h1-7H,(H,15,16,18). The van der Waals surface area contributed by atoms with Crippen molar-refractivity contribution in [2.75, 3.05) is 0 Å². The van der Waals surface area contributed by atoms with Crippen molar-refractivity contribution >= 4 is 16.6 Å². The number of hydrogen-bond donors (Lipinski definition) is 1. The third kappa shape index (κ3) is 2.29. The number of nitro groups is 1. The summed E-state index contributed by atoms with van der Waals surface area (Å²) in [6.07, 6.45) is 2.62. The number of ether oxygens (including phenoxy) is 1. The second kappa shape index (κ2) is 5.00. The third-order valence-electron chi connectivity index (χ3n) is 2.78. The van der Waals surface area contributed by atoms with Gasteiger partial charge in [-0.15, -0.1) is 0 Å². The largest absolute Gasteiger partial charge is 0.431 e. The molecule has 3 rings (SSSR count). The van der Waals surface area contributed by atoms with Gasteiger partial charge in [0, 0.05) is 11.6 Å². The SMILES string of the molecule is O=c1[nH]cnc(Oc2cccc3cccnc23)c1[N+](=O)[O-]. The fraction of sp³-hybridized carbons (Fsp3) is 0. The molecule has 3 aromatic rings. The maximum Gasteiger partial charge on any atom is 0.395 e. The molecule has 0 atom stereocenters. The minimum Gasteiger partial charge on any atom is -0.431 e. The first-order chi connectivity index (χ1) is 10.2. The highest BCUT2D eigenvalue weighted by Crippen LogP contribution is 2.30. The lowest BCUT2D eigenvalue weighted by Gasteiger charge is -2.06. The van der Waals surface area contributed by atoms with Crippen LogP contribution < -0.4 is 10.3 Å². The van der Waals surface area contributed by atoms with Gasteiger partial charge in [-0.25, -0.2) is 0 Å². The quantitative estimate of drug-likeness (QED) is 0.581. The van der Waals surface area contributed by atoms with Crippen LogP contribution in [-0.2, 0) is 0 Å². The summed E-state index contributed by atoms with van der Waals surface area (Å²) in [6.45, 7) is 0. The Balaban J connectivity index is 2.14. The first-order valence-electron chi connectivity index (χ1n) is 5.90. The molecular weight excluding hydrogens is 276 g/mol. The first-order valence-corrected chi connectivity index (χ1v) is 5.90. The Kier molecular flexibility index (Phi) is 3.03. The lowest BCUT2D eigenvalue weighted by Crippen LogP contribution is -2.13. The van der Waals surface area contributed by atoms with E-state index in [2.05, 4.69) is 15.0 Å². The molecular formula is C13H8N4O4. The number of aromatic amines is 1. The van der Waals surface area contributed by atoms with Crippen molar-refractivity contribution < 1.29 is 9.66 Å². The van der Waals surface area contributed by atoms with E-state index in [4.69, 9.17) is 4.74 Å². The molecule has 0 aliphatic heterocycles. The Labute approximate surface area is 117 Å². The van der Waals surface area contributed by atoms with Crippen molar-refractivity contribution in [1.29, 1.82) is 0 Å². The van der Waals surface area contributed by atoms with Gasteiger partial charge >= 0.3 is 17.1 Å². The molecule has 0 aliphatic carbocycles. The third-order valence-corrected chi connectivity index (χ3v) is 2.78. The van der Waals surface area contributed by atoms with Crippen molar-refractivity contribution in [3.05, 3.63) is 63.3 Å². The lowest BCUT2D eigenvalue weighted by molar-refractivity contribution is -0.387. The zero-order valence-corrected chi connectivity index (χ0v) is 10.5. The van der Waals surface area contributed by atoms with Gasteiger partial charge in [0.15, 0.2) is 5.75 Å². The first kappa shape index (κ1) is 12.7. The van der Waals surface area contributed by atoms with E-state index in [1.165, 1.54) is 0 Å². The Hall–Kier alpha value is -3.29. The zero-order valence-electron chi connectivity index (χ0n) is 10.5. The number of nitrogens with one attached hydrogen (secondary N) is 1. The molecule has 21 heavy (non-hydrogen) atoms. The molecule has 2 aromatic heterocycles. The molecule has 0 radical (unpaired) electrons. The molecule has 0 saturated carbocycles. The highest BCUT2D eigenvalue weighted by atomic mass is 16.6. The molecule has 104 valence electrons. The Morgan fingerprint density at radius 1 is 1.19 bits per heavy atom. The van der Waals surface area contributed by atoms with Crippen LogP contribution in [0.2, 0.25) is 0 Å². The monoisotopic (exact) mass is 284 g/mol. The number of fused-ring (bicyclic) bond motifs is 1. The van der Waals surface area contributed by atoms with Gasteiger partial charge in [-0.3, -0.25) is 19.9 Å². The molecule has 2 heterocycles. The number of hydrogen-bond acceptors (Lipinski definition) is 6. The summed E-state index contributed by atoms with van der Waals surface area (Å²) in [5, 5.41) is 11.8. The Bertz CT molecular complexity index is 885. The second-order valence-corrected chi connectivity index (χ2v) is 4.08. The van der Waals surface area contributed by atoms with E-state index in [0.29, 0.717) is 5.52 Å².